The van der Waals surface area contributed by atoms with Gasteiger partial charge in [0.25, 0.3) is 5.56 Å². The second-order valence-corrected chi connectivity index (χ2v) is 6.15. The summed E-state index contributed by atoms with van der Waals surface area (Å²) in [6, 6.07) is 7.35. The highest BCUT2D eigenvalue weighted by atomic mass is 16.2. The van der Waals surface area contributed by atoms with Gasteiger partial charge in [-0.15, -0.1) is 0 Å². The summed E-state index contributed by atoms with van der Waals surface area (Å²) < 4.78 is 3.17. The van der Waals surface area contributed by atoms with Gasteiger partial charge < -0.3 is 5.32 Å². The van der Waals surface area contributed by atoms with Crippen LogP contribution in [-0.4, -0.2) is 37.0 Å². The summed E-state index contributed by atoms with van der Waals surface area (Å²) in [6.07, 6.45) is 4.71. The van der Waals surface area contributed by atoms with E-state index >= 15 is 0 Å². The predicted molar refractivity (Wildman–Crippen MR) is 90.8 cm³/mol. The van der Waals surface area contributed by atoms with Crippen LogP contribution in [0.2, 0.25) is 0 Å². The number of rotatable bonds is 4. The van der Waals surface area contributed by atoms with E-state index < -0.39 is 0 Å². The molecule has 1 amide bonds. The van der Waals surface area contributed by atoms with Crippen LogP contribution >= 0.6 is 0 Å². The molecule has 4 rings (SSSR count). The number of benzene rings is 1. The van der Waals surface area contributed by atoms with Crippen LogP contribution < -0.4 is 10.9 Å². The smallest absolute Gasteiger partial charge is 0.274 e. The maximum absolute atomic E-state index is 12.4. The van der Waals surface area contributed by atoms with Gasteiger partial charge in [0, 0.05) is 18.4 Å². The molecule has 0 fully saturated rings. The van der Waals surface area contributed by atoms with Crippen LogP contribution in [0.25, 0.3) is 10.8 Å². The minimum absolute atomic E-state index is 0.0185. The molecular formula is C17H18N6O2. The average molecular weight is 338 g/mol. The summed E-state index contributed by atoms with van der Waals surface area (Å²) in [5, 5.41) is 12.6. The minimum atomic E-state index is -0.141. The second-order valence-electron chi connectivity index (χ2n) is 6.15. The molecule has 1 atom stereocenters. The lowest BCUT2D eigenvalue weighted by atomic mass is 9.99. The maximum Gasteiger partial charge on any atom is 0.274 e. The monoisotopic (exact) mass is 338 g/mol. The lowest BCUT2D eigenvalue weighted by molar-refractivity contribution is -0.126. The SMILES string of the molecule is O=C(NCCn1ncc2ccccc2c1=O)C1CCc2ncnn2C1. The molecule has 0 saturated carbocycles. The summed E-state index contributed by atoms with van der Waals surface area (Å²) in [5.41, 5.74) is -0.141. The fourth-order valence-electron chi connectivity index (χ4n) is 3.17. The van der Waals surface area contributed by atoms with Crippen molar-refractivity contribution in [2.24, 2.45) is 5.92 Å². The van der Waals surface area contributed by atoms with Gasteiger partial charge in [0.1, 0.15) is 12.2 Å². The second kappa shape index (κ2) is 6.46. The van der Waals surface area contributed by atoms with Gasteiger partial charge in [-0.2, -0.15) is 10.2 Å². The van der Waals surface area contributed by atoms with Gasteiger partial charge in [-0.05, 0) is 12.5 Å². The molecule has 0 bridgehead atoms. The Hall–Kier alpha value is -3.03. The molecular weight excluding hydrogens is 320 g/mol. The standard InChI is InChI=1S/C17H18N6O2/c24-16(13-5-6-15-19-11-21-23(15)10-13)18-7-8-22-17(25)14-4-2-1-3-12(14)9-20-22/h1-4,9,11,13H,5-8,10H2,(H,18,24). The zero-order valence-corrected chi connectivity index (χ0v) is 13.6. The van der Waals surface area contributed by atoms with Crippen LogP contribution in [0.1, 0.15) is 12.2 Å². The number of nitrogens with zero attached hydrogens (tertiary/aromatic N) is 5. The van der Waals surface area contributed by atoms with E-state index in [0.717, 1.165) is 24.1 Å². The first-order chi connectivity index (χ1) is 12.2. The summed E-state index contributed by atoms with van der Waals surface area (Å²) in [5.74, 6) is 0.793. The van der Waals surface area contributed by atoms with Gasteiger partial charge in [0.2, 0.25) is 5.91 Å². The fourth-order valence-corrected chi connectivity index (χ4v) is 3.17. The Morgan fingerprint density at radius 2 is 2.16 bits per heavy atom. The van der Waals surface area contributed by atoms with E-state index in [1.165, 1.54) is 11.0 Å². The van der Waals surface area contributed by atoms with Crippen molar-refractivity contribution in [3.8, 4) is 0 Å². The van der Waals surface area contributed by atoms with Gasteiger partial charge in [-0.25, -0.2) is 14.3 Å². The summed E-state index contributed by atoms with van der Waals surface area (Å²) in [4.78, 5) is 28.9. The predicted octanol–water partition coefficient (Wildman–Crippen LogP) is 0.367. The molecule has 128 valence electrons. The van der Waals surface area contributed by atoms with Crippen LogP contribution in [0.4, 0.5) is 0 Å². The highest BCUT2D eigenvalue weighted by Gasteiger charge is 2.25. The van der Waals surface area contributed by atoms with E-state index in [2.05, 4.69) is 20.5 Å². The number of carbonyl (C=O) groups is 1. The number of hydrogen-bond donors (Lipinski definition) is 1. The quantitative estimate of drug-likeness (QED) is 0.741. The molecule has 2 aromatic heterocycles. The van der Waals surface area contributed by atoms with Crippen molar-refractivity contribution in [1.29, 1.82) is 0 Å². The largest absolute Gasteiger partial charge is 0.354 e. The Kier molecular flexibility index (Phi) is 4.01. The van der Waals surface area contributed by atoms with Crippen molar-refractivity contribution in [3.63, 3.8) is 0 Å². The summed E-state index contributed by atoms with van der Waals surface area (Å²) >= 11 is 0. The highest BCUT2D eigenvalue weighted by molar-refractivity contribution is 5.80. The van der Waals surface area contributed by atoms with E-state index in [1.54, 1.807) is 16.9 Å². The molecule has 0 aliphatic carbocycles. The molecule has 1 N–H and O–H groups in total. The third kappa shape index (κ3) is 3.02. The number of carbonyl (C=O) groups excluding carboxylic acids is 1. The van der Waals surface area contributed by atoms with E-state index in [1.807, 2.05) is 18.2 Å². The van der Waals surface area contributed by atoms with Crippen LogP contribution in [-0.2, 0) is 24.3 Å². The minimum Gasteiger partial charge on any atom is -0.354 e. The first-order valence-electron chi connectivity index (χ1n) is 8.31. The Balaban J connectivity index is 1.37. The normalized spacial score (nSPS) is 16.6. The third-order valence-corrected chi connectivity index (χ3v) is 4.56. The molecule has 3 heterocycles. The fraction of sp³-hybridized carbons (Fsp3) is 0.353. The first-order valence-corrected chi connectivity index (χ1v) is 8.31. The number of aromatic nitrogens is 5. The highest BCUT2D eigenvalue weighted by Crippen LogP contribution is 2.17. The van der Waals surface area contributed by atoms with E-state index in [0.29, 0.717) is 25.0 Å². The molecule has 1 aliphatic rings. The van der Waals surface area contributed by atoms with Crippen molar-refractivity contribution in [1.82, 2.24) is 29.9 Å². The number of aryl methyl sites for hydroxylation is 1. The molecule has 0 spiro atoms. The lowest BCUT2D eigenvalue weighted by Gasteiger charge is -2.21. The lowest BCUT2D eigenvalue weighted by Crippen LogP contribution is -2.39. The molecule has 1 aliphatic heterocycles. The van der Waals surface area contributed by atoms with Crippen molar-refractivity contribution in [2.75, 3.05) is 6.54 Å². The zero-order valence-electron chi connectivity index (χ0n) is 13.6. The Labute approximate surface area is 143 Å². The van der Waals surface area contributed by atoms with Gasteiger partial charge in [0.15, 0.2) is 0 Å². The molecule has 3 aromatic rings. The van der Waals surface area contributed by atoms with Crippen molar-refractivity contribution < 1.29 is 4.79 Å². The van der Waals surface area contributed by atoms with Gasteiger partial charge in [-0.3, -0.25) is 9.59 Å². The molecule has 0 radical (unpaired) electrons. The molecule has 0 saturated heterocycles. The molecule has 1 aromatic carbocycles. The van der Waals surface area contributed by atoms with Crippen LogP contribution in [0, 0.1) is 5.92 Å². The Morgan fingerprint density at radius 3 is 3.08 bits per heavy atom. The van der Waals surface area contributed by atoms with Crippen LogP contribution in [0.15, 0.2) is 41.6 Å². The van der Waals surface area contributed by atoms with E-state index in [-0.39, 0.29) is 17.4 Å². The zero-order chi connectivity index (χ0) is 17.2. The maximum atomic E-state index is 12.4. The van der Waals surface area contributed by atoms with E-state index in [9.17, 15) is 9.59 Å². The number of nitrogens with one attached hydrogen (secondary N) is 1. The number of amides is 1. The van der Waals surface area contributed by atoms with Crippen LogP contribution in [0.3, 0.4) is 0 Å². The number of fused-ring (bicyclic) bond motifs is 2. The molecule has 25 heavy (non-hydrogen) atoms. The Bertz CT molecular complexity index is 976. The average Bonchev–Trinajstić information content (AvgIpc) is 3.11. The third-order valence-electron chi connectivity index (χ3n) is 4.56. The summed E-state index contributed by atoms with van der Waals surface area (Å²) in [6.45, 7) is 1.26. The van der Waals surface area contributed by atoms with Crippen LogP contribution in [0.5, 0.6) is 0 Å². The van der Waals surface area contributed by atoms with Gasteiger partial charge in [0.05, 0.1) is 30.6 Å². The topological polar surface area (TPSA) is 94.7 Å². The molecule has 8 nitrogen and oxygen atoms in total. The molecule has 8 heteroatoms. The van der Waals surface area contributed by atoms with Gasteiger partial charge >= 0.3 is 0 Å². The van der Waals surface area contributed by atoms with E-state index in [4.69, 9.17) is 0 Å². The van der Waals surface area contributed by atoms with Crippen molar-refractivity contribution in [3.05, 3.63) is 53.0 Å². The number of hydrogen-bond acceptors (Lipinski definition) is 5. The Morgan fingerprint density at radius 1 is 1.28 bits per heavy atom. The van der Waals surface area contributed by atoms with Gasteiger partial charge in [-0.1, -0.05) is 18.2 Å². The van der Waals surface area contributed by atoms with Crippen molar-refractivity contribution in [2.45, 2.75) is 25.9 Å². The van der Waals surface area contributed by atoms with Crippen molar-refractivity contribution >= 4 is 16.7 Å². The molecule has 1 unspecified atom stereocenters. The first kappa shape index (κ1) is 15.5. The summed E-state index contributed by atoms with van der Waals surface area (Å²) in [7, 11) is 0.